The van der Waals surface area contributed by atoms with Gasteiger partial charge in [-0.15, -0.1) is 0 Å². The van der Waals surface area contributed by atoms with Crippen molar-refractivity contribution >= 4 is 16.7 Å². The second-order valence-electron chi connectivity index (χ2n) is 4.69. The molecule has 0 bridgehead atoms. The molecule has 0 aliphatic rings. The van der Waals surface area contributed by atoms with Crippen LogP contribution in [0.2, 0.25) is 0 Å². The van der Waals surface area contributed by atoms with Gasteiger partial charge in [-0.25, -0.2) is 9.48 Å². The Balaban J connectivity index is 2.16. The number of methoxy groups -OCH3 is 1. The molecule has 3 rings (SSSR count). The third-order valence-electron chi connectivity index (χ3n) is 3.32. The van der Waals surface area contributed by atoms with Gasteiger partial charge in [0.15, 0.2) is 0 Å². The smallest absolute Gasteiger partial charge is 0.338 e. The zero-order chi connectivity index (χ0) is 15.5. The van der Waals surface area contributed by atoms with E-state index in [1.807, 2.05) is 12.1 Å². The van der Waals surface area contributed by atoms with Crippen LogP contribution in [-0.2, 0) is 11.3 Å². The molecule has 0 saturated heterocycles. The number of ether oxygens (including phenoxy) is 1. The van der Waals surface area contributed by atoms with Gasteiger partial charge in [-0.05, 0) is 18.2 Å². The minimum atomic E-state index is -0.543. The van der Waals surface area contributed by atoms with Crippen molar-refractivity contribution in [2.24, 2.45) is 0 Å². The molecule has 6 heteroatoms. The Morgan fingerprint density at radius 3 is 2.82 bits per heavy atom. The number of aromatic nitrogens is 3. The molecule has 0 aliphatic carbocycles. The van der Waals surface area contributed by atoms with E-state index in [1.54, 1.807) is 36.7 Å². The molecule has 0 aliphatic heterocycles. The first-order valence-electron chi connectivity index (χ1n) is 6.68. The molecule has 2 heterocycles. The highest BCUT2D eigenvalue weighted by atomic mass is 16.5. The fourth-order valence-electron chi connectivity index (χ4n) is 2.27. The molecule has 0 unspecified atom stereocenters. The first-order chi connectivity index (χ1) is 10.7. The van der Waals surface area contributed by atoms with Gasteiger partial charge >= 0.3 is 5.97 Å². The molecule has 110 valence electrons. The number of carbonyl (C=O) groups is 1. The van der Waals surface area contributed by atoms with Crippen LogP contribution in [0.5, 0.6) is 0 Å². The minimum absolute atomic E-state index is 0.238. The van der Waals surface area contributed by atoms with E-state index < -0.39 is 5.97 Å². The first-order valence-corrected chi connectivity index (χ1v) is 6.68. The first kappa shape index (κ1) is 13.9. The maximum atomic E-state index is 12.6. The number of benzene rings is 1. The largest absolute Gasteiger partial charge is 0.465 e. The Bertz CT molecular complexity index is 888. The summed E-state index contributed by atoms with van der Waals surface area (Å²) >= 11 is 0. The number of pyridine rings is 1. The number of carbonyl (C=O) groups excluding carboxylic acids is 1. The third-order valence-corrected chi connectivity index (χ3v) is 3.32. The third kappa shape index (κ3) is 2.46. The molecule has 22 heavy (non-hydrogen) atoms. The lowest BCUT2D eigenvalue weighted by molar-refractivity contribution is 0.0603. The van der Waals surface area contributed by atoms with Crippen LogP contribution in [-0.4, -0.2) is 27.8 Å². The highest BCUT2D eigenvalue weighted by molar-refractivity contribution is 6.03. The number of hydrogen-bond acceptors (Lipinski definition) is 5. The second-order valence-corrected chi connectivity index (χ2v) is 4.69. The van der Waals surface area contributed by atoms with E-state index in [1.165, 1.54) is 11.8 Å². The molecular weight excluding hydrogens is 282 g/mol. The molecule has 0 radical (unpaired) electrons. The lowest BCUT2D eigenvalue weighted by Gasteiger charge is -2.08. The zero-order valence-corrected chi connectivity index (χ0v) is 11.9. The van der Waals surface area contributed by atoms with E-state index in [-0.39, 0.29) is 17.7 Å². The topological polar surface area (TPSA) is 74.1 Å². The Morgan fingerprint density at radius 2 is 2.09 bits per heavy atom. The van der Waals surface area contributed by atoms with Crippen molar-refractivity contribution in [2.75, 3.05) is 7.11 Å². The van der Waals surface area contributed by atoms with Crippen molar-refractivity contribution in [2.45, 2.75) is 6.54 Å². The van der Waals surface area contributed by atoms with Crippen molar-refractivity contribution in [3.05, 3.63) is 70.4 Å². The number of esters is 1. The molecular formula is C16H13N3O3. The standard InChI is InChI=1S/C16H13N3O3/c1-22-16(21)13-7-4-5-11-9-18-19(15(20)14(11)13)10-12-6-2-3-8-17-12/h2-9H,10H2,1H3. The van der Waals surface area contributed by atoms with Crippen molar-refractivity contribution in [1.82, 2.24) is 14.8 Å². The number of hydrogen-bond donors (Lipinski definition) is 0. The maximum absolute atomic E-state index is 12.6. The summed E-state index contributed by atoms with van der Waals surface area (Å²) in [5.74, 6) is -0.543. The van der Waals surface area contributed by atoms with Gasteiger partial charge in [0.1, 0.15) is 0 Å². The van der Waals surface area contributed by atoms with Gasteiger partial charge in [-0.3, -0.25) is 9.78 Å². The number of fused-ring (bicyclic) bond motifs is 1. The summed E-state index contributed by atoms with van der Waals surface area (Å²) in [6.45, 7) is 0.241. The quantitative estimate of drug-likeness (QED) is 0.687. The van der Waals surface area contributed by atoms with Crippen molar-refractivity contribution < 1.29 is 9.53 Å². The van der Waals surface area contributed by atoms with Crippen LogP contribution >= 0.6 is 0 Å². The Labute approximate surface area is 126 Å². The molecule has 6 nitrogen and oxygen atoms in total. The van der Waals surface area contributed by atoms with E-state index >= 15 is 0 Å². The van der Waals surface area contributed by atoms with Crippen LogP contribution in [0.1, 0.15) is 16.1 Å². The average Bonchev–Trinajstić information content (AvgIpc) is 2.57. The molecule has 1 aromatic carbocycles. The summed E-state index contributed by atoms with van der Waals surface area (Å²) in [5, 5.41) is 5.05. The number of rotatable bonds is 3. The van der Waals surface area contributed by atoms with Crippen LogP contribution in [0, 0.1) is 0 Å². The summed E-state index contributed by atoms with van der Waals surface area (Å²) in [5.41, 5.74) is 0.610. The van der Waals surface area contributed by atoms with Gasteiger partial charge in [0.25, 0.3) is 5.56 Å². The Hall–Kier alpha value is -3.02. The molecule has 0 atom stereocenters. The summed E-state index contributed by atoms with van der Waals surface area (Å²) in [4.78, 5) is 28.7. The van der Waals surface area contributed by atoms with Gasteiger partial charge in [0.05, 0.1) is 36.5 Å². The van der Waals surface area contributed by atoms with E-state index in [0.717, 1.165) is 0 Å². The molecule has 0 spiro atoms. The van der Waals surface area contributed by atoms with Gasteiger partial charge < -0.3 is 4.74 Å². The van der Waals surface area contributed by atoms with Crippen LogP contribution in [0.4, 0.5) is 0 Å². The summed E-state index contributed by atoms with van der Waals surface area (Å²) in [6, 6.07) is 10.5. The molecule has 0 saturated carbocycles. The lowest BCUT2D eigenvalue weighted by atomic mass is 10.1. The molecule has 0 amide bonds. The summed E-state index contributed by atoms with van der Waals surface area (Å²) in [7, 11) is 1.29. The normalized spacial score (nSPS) is 10.6. The van der Waals surface area contributed by atoms with E-state index in [9.17, 15) is 9.59 Å². The van der Waals surface area contributed by atoms with Gasteiger partial charge in [-0.1, -0.05) is 18.2 Å². The van der Waals surface area contributed by atoms with Gasteiger partial charge in [0, 0.05) is 11.6 Å². The Morgan fingerprint density at radius 1 is 1.23 bits per heavy atom. The fraction of sp³-hybridized carbons (Fsp3) is 0.125. The van der Waals surface area contributed by atoms with Crippen molar-refractivity contribution in [3.63, 3.8) is 0 Å². The zero-order valence-electron chi connectivity index (χ0n) is 11.9. The highest BCUT2D eigenvalue weighted by Gasteiger charge is 2.15. The summed E-state index contributed by atoms with van der Waals surface area (Å²) < 4.78 is 6.03. The highest BCUT2D eigenvalue weighted by Crippen LogP contribution is 2.15. The van der Waals surface area contributed by atoms with Gasteiger partial charge in [-0.2, -0.15) is 5.10 Å². The van der Waals surface area contributed by atoms with Crippen LogP contribution < -0.4 is 5.56 Å². The molecule has 2 aromatic heterocycles. The Kier molecular flexibility index (Phi) is 3.65. The van der Waals surface area contributed by atoms with Crippen molar-refractivity contribution in [1.29, 1.82) is 0 Å². The lowest BCUT2D eigenvalue weighted by Crippen LogP contribution is -2.25. The molecule has 3 aromatic rings. The number of nitrogens with zero attached hydrogens (tertiary/aromatic N) is 3. The van der Waals surface area contributed by atoms with Crippen LogP contribution in [0.15, 0.2) is 53.6 Å². The van der Waals surface area contributed by atoms with Crippen LogP contribution in [0.25, 0.3) is 10.8 Å². The van der Waals surface area contributed by atoms with Crippen LogP contribution in [0.3, 0.4) is 0 Å². The summed E-state index contributed by atoms with van der Waals surface area (Å²) in [6.07, 6.45) is 3.22. The maximum Gasteiger partial charge on any atom is 0.338 e. The predicted octanol–water partition coefficient (Wildman–Crippen LogP) is 1.63. The average molecular weight is 295 g/mol. The second kappa shape index (κ2) is 5.77. The minimum Gasteiger partial charge on any atom is -0.465 e. The SMILES string of the molecule is COC(=O)c1cccc2cnn(Cc3ccccn3)c(=O)c12. The predicted molar refractivity (Wildman–Crippen MR) is 80.7 cm³/mol. The van der Waals surface area contributed by atoms with Gasteiger partial charge in [0.2, 0.25) is 0 Å². The fourth-order valence-corrected chi connectivity index (χ4v) is 2.27. The molecule has 0 fully saturated rings. The van der Waals surface area contributed by atoms with Crippen molar-refractivity contribution in [3.8, 4) is 0 Å². The monoisotopic (exact) mass is 295 g/mol. The van der Waals surface area contributed by atoms with E-state index in [4.69, 9.17) is 4.74 Å². The van der Waals surface area contributed by atoms with E-state index in [0.29, 0.717) is 16.5 Å². The molecule has 0 N–H and O–H groups in total. The van der Waals surface area contributed by atoms with E-state index in [2.05, 4.69) is 10.1 Å².